The lowest BCUT2D eigenvalue weighted by molar-refractivity contribution is -0.139. The number of pyridine rings is 1. The first-order chi connectivity index (χ1) is 11.5. The number of nitrogens with zero attached hydrogens (tertiary/aromatic N) is 2. The molecule has 3 rings (SSSR count). The van der Waals surface area contributed by atoms with Crippen molar-refractivity contribution in [3.63, 3.8) is 0 Å². The van der Waals surface area contributed by atoms with Gasteiger partial charge in [-0.15, -0.1) is 0 Å². The van der Waals surface area contributed by atoms with Gasteiger partial charge in [0, 0.05) is 24.0 Å². The molecule has 0 aliphatic rings. The summed E-state index contributed by atoms with van der Waals surface area (Å²) in [5.74, 6) is -1.09. The highest BCUT2D eigenvalue weighted by Crippen LogP contribution is 2.20. The summed E-state index contributed by atoms with van der Waals surface area (Å²) in [6.07, 6.45) is 6.18. The predicted molar refractivity (Wildman–Crippen MR) is 90.2 cm³/mol. The number of benzene rings is 1. The summed E-state index contributed by atoms with van der Waals surface area (Å²) in [5, 5.41) is 0.231. The third kappa shape index (κ3) is 3.63. The van der Waals surface area contributed by atoms with Gasteiger partial charge >= 0.3 is 5.97 Å². The second-order valence-corrected chi connectivity index (χ2v) is 5.69. The van der Waals surface area contributed by atoms with Crippen LogP contribution in [0.4, 0.5) is 4.39 Å². The molecule has 4 nitrogen and oxygen atoms in total. The van der Waals surface area contributed by atoms with Crippen molar-refractivity contribution in [1.82, 2.24) is 9.38 Å². The summed E-state index contributed by atoms with van der Waals surface area (Å²) in [7, 11) is 0. The number of fused-ring (bicyclic) bond motifs is 1. The Bertz CT molecular complexity index is 914. The number of esters is 1. The van der Waals surface area contributed by atoms with Crippen LogP contribution in [0, 0.1) is 12.7 Å². The number of hydrogen-bond donors (Lipinski definition) is 0. The Kier molecular flexibility index (Phi) is 4.62. The fourth-order valence-electron chi connectivity index (χ4n) is 2.24. The Labute approximate surface area is 143 Å². The lowest BCUT2D eigenvalue weighted by Gasteiger charge is -2.00. The van der Waals surface area contributed by atoms with Crippen LogP contribution in [0.25, 0.3) is 11.7 Å². The van der Waals surface area contributed by atoms with Crippen molar-refractivity contribution in [3.8, 4) is 0 Å². The summed E-state index contributed by atoms with van der Waals surface area (Å²) < 4.78 is 20.6. The number of halogens is 2. The van der Waals surface area contributed by atoms with Crippen LogP contribution in [0.3, 0.4) is 0 Å². The molecule has 0 saturated carbocycles. The third-order valence-corrected chi connectivity index (χ3v) is 3.73. The molecule has 0 bridgehead atoms. The summed E-state index contributed by atoms with van der Waals surface area (Å²) in [4.78, 5) is 16.1. The Hall–Kier alpha value is -2.66. The average Bonchev–Trinajstić information content (AvgIpc) is 2.94. The number of carbonyl (C=O) groups is 1. The van der Waals surface area contributed by atoms with E-state index in [4.69, 9.17) is 16.3 Å². The van der Waals surface area contributed by atoms with Crippen LogP contribution < -0.4 is 0 Å². The molecular weight excluding hydrogens is 331 g/mol. The van der Waals surface area contributed by atoms with Crippen LogP contribution in [0.5, 0.6) is 0 Å². The van der Waals surface area contributed by atoms with Crippen molar-refractivity contribution in [2.24, 2.45) is 0 Å². The van der Waals surface area contributed by atoms with Gasteiger partial charge in [0.15, 0.2) is 0 Å². The molecule has 0 spiro atoms. The number of aromatic nitrogens is 2. The van der Waals surface area contributed by atoms with Gasteiger partial charge in [-0.05, 0) is 36.8 Å². The fraction of sp³-hybridized carbons (Fsp3) is 0.111. The zero-order valence-electron chi connectivity index (χ0n) is 12.9. The standard InChI is InChI=1S/C18H14ClFN2O2/c1-12-5-7-17-21-13(10-22(17)9-12)11-24-18(23)8-6-14-15(19)3-2-4-16(14)20/h2-10H,11H2,1H3/b8-6+. The zero-order chi connectivity index (χ0) is 17.1. The Morgan fingerprint density at radius 1 is 1.33 bits per heavy atom. The Morgan fingerprint density at radius 3 is 2.96 bits per heavy atom. The SMILES string of the molecule is Cc1ccc2nc(COC(=O)/C=C/c3c(F)cccc3Cl)cn2c1. The first-order valence-electron chi connectivity index (χ1n) is 7.26. The topological polar surface area (TPSA) is 43.6 Å². The maximum atomic E-state index is 13.6. The minimum absolute atomic E-state index is 0.0366. The normalized spacial score (nSPS) is 11.3. The molecule has 3 aromatic rings. The predicted octanol–water partition coefficient (Wildman–Crippen LogP) is 4.19. The molecule has 0 amide bonds. The van der Waals surface area contributed by atoms with Crippen molar-refractivity contribution >= 4 is 29.3 Å². The molecule has 6 heteroatoms. The molecule has 0 unspecified atom stereocenters. The van der Waals surface area contributed by atoms with E-state index in [0.717, 1.165) is 17.3 Å². The van der Waals surface area contributed by atoms with Gasteiger partial charge in [0.2, 0.25) is 0 Å². The minimum atomic E-state index is -0.595. The van der Waals surface area contributed by atoms with Gasteiger partial charge < -0.3 is 9.14 Å². The summed E-state index contributed by atoms with van der Waals surface area (Å²) >= 11 is 5.89. The molecular formula is C18H14ClFN2O2. The van der Waals surface area contributed by atoms with Crippen LogP contribution in [-0.4, -0.2) is 15.4 Å². The molecule has 1 aromatic carbocycles. The van der Waals surface area contributed by atoms with Crippen molar-refractivity contribution in [2.45, 2.75) is 13.5 Å². The second-order valence-electron chi connectivity index (χ2n) is 5.28. The number of carbonyl (C=O) groups excluding carboxylic acids is 1. The number of ether oxygens (including phenoxy) is 1. The van der Waals surface area contributed by atoms with Crippen LogP contribution in [0.15, 0.2) is 48.8 Å². The van der Waals surface area contributed by atoms with E-state index in [2.05, 4.69) is 4.98 Å². The molecule has 24 heavy (non-hydrogen) atoms. The lowest BCUT2D eigenvalue weighted by atomic mass is 10.2. The maximum Gasteiger partial charge on any atom is 0.331 e. The van der Waals surface area contributed by atoms with Gasteiger partial charge in [0.05, 0.1) is 10.7 Å². The van der Waals surface area contributed by atoms with E-state index >= 15 is 0 Å². The summed E-state index contributed by atoms with van der Waals surface area (Å²) in [6, 6.07) is 8.17. The third-order valence-electron chi connectivity index (χ3n) is 3.40. The Morgan fingerprint density at radius 2 is 2.17 bits per heavy atom. The lowest BCUT2D eigenvalue weighted by Crippen LogP contribution is -2.01. The number of imidazole rings is 1. The second kappa shape index (κ2) is 6.84. The van der Waals surface area contributed by atoms with Gasteiger partial charge in [0.1, 0.15) is 18.1 Å². The van der Waals surface area contributed by atoms with Gasteiger partial charge in [-0.2, -0.15) is 0 Å². The number of hydrogen-bond acceptors (Lipinski definition) is 3. The first-order valence-corrected chi connectivity index (χ1v) is 7.64. The number of rotatable bonds is 4. The van der Waals surface area contributed by atoms with E-state index in [1.54, 1.807) is 12.3 Å². The zero-order valence-corrected chi connectivity index (χ0v) is 13.6. The average molecular weight is 345 g/mol. The molecule has 0 saturated heterocycles. The summed E-state index contributed by atoms with van der Waals surface area (Å²) in [6.45, 7) is 2.02. The molecule has 0 radical (unpaired) electrons. The van der Waals surface area contributed by atoms with Crippen molar-refractivity contribution in [1.29, 1.82) is 0 Å². The fourth-order valence-corrected chi connectivity index (χ4v) is 2.47. The van der Waals surface area contributed by atoms with E-state index in [1.165, 1.54) is 18.2 Å². The molecule has 2 heterocycles. The highest BCUT2D eigenvalue weighted by Gasteiger charge is 2.06. The van der Waals surface area contributed by atoms with E-state index in [-0.39, 0.29) is 17.2 Å². The Balaban J connectivity index is 1.65. The molecule has 0 aliphatic heterocycles. The first kappa shape index (κ1) is 16.2. The highest BCUT2D eigenvalue weighted by molar-refractivity contribution is 6.32. The quantitative estimate of drug-likeness (QED) is 0.526. The van der Waals surface area contributed by atoms with E-state index in [1.807, 2.05) is 29.7 Å². The van der Waals surface area contributed by atoms with E-state index in [9.17, 15) is 9.18 Å². The van der Waals surface area contributed by atoms with Crippen LogP contribution >= 0.6 is 11.6 Å². The van der Waals surface area contributed by atoms with E-state index in [0.29, 0.717) is 5.69 Å². The monoisotopic (exact) mass is 344 g/mol. The van der Waals surface area contributed by atoms with Crippen LogP contribution in [0.1, 0.15) is 16.8 Å². The van der Waals surface area contributed by atoms with Crippen molar-refractivity contribution < 1.29 is 13.9 Å². The molecule has 0 fully saturated rings. The van der Waals surface area contributed by atoms with Crippen molar-refractivity contribution in [3.05, 3.63) is 76.5 Å². The molecule has 0 N–H and O–H groups in total. The molecule has 0 atom stereocenters. The van der Waals surface area contributed by atoms with Crippen LogP contribution in [0.2, 0.25) is 5.02 Å². The highest BCUT2D eigenvalue weighted by atomic mass is 35.5. The van der Waals surface area contributed by atoms with Crippen molar-refractivity contribution in [2.75, 3.05) is 0 Å². The van der Waals surface area contributed by atoms with Gasteiger partial charge in [-0.25, -0.2) is 14.2 Å². The number of aryl methyl sites for hydroxylation is 1. The maximum absolute atomic E-state index is 13.6. The van der Waals surface area contributed by atoms with Crippen LogP contribution in [-0.2, 0) is 16.1 Å². The smallest absolute Gasteiger partial charge is 0.331 e. The molecule has 122 valence electrons. The van der Waals surface area contributed by atoms with Gasteiger partial charge in [-0.3, -0.25) is 0 Å². The minimum Gasteiger partial charge on any atom is -0.456 e. The molecule has 0 aliphatic carbocycles. The summed E-state index contributed by atoms with van der Waals surface area (Å²) in [5.41, 5.74) is 2.67. The largest absolute Gasteiger partial charge is 0.456 e. The molecule has 2 aromatic heterocycles. The van der Waals surface area contributed by atoms with E-state index < -0.39 is 11.8 Å². The van der Waals surface area contributed by atoms with Gasteiger partial charge in [0.25, 0.3) is 0 Å². The van der Waals surface area contributed by atoms with Gasteiger partial charge in [-0.1, -0.05) is 23.7 Å².